The number of carbonyl (C=O) groups is 1. The molecule has 2 fully saturated rings. The average Bonchev–Trinajstić information content (AvgIpc) is 2.55. The fourth-order valence-electron chi connectivity index (χ4n) is 3.43. The molecule has 0 bridgehead atoms. The van der Waals surface area contributed by atoms with Crippen LogP contribution >= 0.6 is 0 Å². The maximum Gasteiger partial charge on any atom is 0.136 e. The number of rotatable bonds is 1. The van der Waals surface area contributed by atoms with E-state index in [0.29, 0.717) is 17.6 Å². The van der Waals surface area contributed by atoms with Gasteiger partial charge in [0.1, 0.15) is 5.78 Å². The minimum absolute atomic E-state index is 0.454. The van der Waals surface area contributed by atoms with E-state index in [1.165, 1.54) is 19.3 Å². The van der Waals surface area contributed by atoms with Crippen molar-refractivity contribution >= 4 is 5.78 Å². The molecule has 0 aromatic heterocycles. The van der Waals surface area contributed by atoms with Gasteiger partial charge in [0.15, 0.2) is 0 Å². The van der Waals surface area contributed by atoms with Gasteiger partial charge in [-0.2, -0.15) is 0 Å². The zero-order chi connectivity index (χ0) is 8.72. The van der Waals surface area contributed by atoms with Crippen molar-refractivity contribution in [3.8, 4) is 0 Å². The lowest BCUT2D eigenvalue weighted by atomic mass is 9.89. The number of hydrogen-bond donors (Lipinski definition) is 0. The fraction of sp³-hybridized carbons (Fsp3) is 0.909. The summed E-state index contributed by atoms with van der Waals surface area (Å²) in [6.07, 6.45) is 4.64. The summed E-state index contributed by atoms with van der Waals surface area (Å²) in [6, 6.07) is 0. The molecule has 0 saturated heterocycles. The fourth-order valence-corrected chi connectivity index (χ4v) is 3.43. The SMILES string of the molecule is CCC1CC(C)C2C(=O)CCC12. The lowest BCUT2D eigenvalue weighted by molar-refractivity contribution is -0.121. The van der Waals surface area contributed by atoms with Crippen LogP contribution in [0.3, 0.4) is 0 Å². The van der Waals surface area contributed by atoms with E-state index < -0.39 is 0 Å². The summed E-state index contributed by atoms with van der Waals surface area (Å²) in [5, 5.41) is 0. The molecule has 0 aromatic rings. The van der Waals surface area contributed by atoms with Crippen molar-refractivity contribution in [1.29, 1.82) is 0 Å². The number of ketones is 1. The zero-order valence-corrected chi connectivity index (χ0v) is 8.05. The maximum atomic E-state index is 11.5. The van der Waals surface area contributed by atoms with Gasteiger partial charge in [0.25, 0.3) is 0 Å². The molecule has 0 N–H and O–H groups in total. The first-order valence-electron chi connectivity index (χ1n) is 5.26. The Labute approximate surface area is 74.5 Å². The van der Waals surface area contributed by atoms with Gasteiger partial charge >= 0.3 is 0 Å². The highest BCUT2D eigenvalue weighted by Crippen LogP contribution is 2.49. The Morgan fingerprint density at radius 1 is 1.50 bits per heavy atom. The number of carbonyl (C=O) groups excluding carboxylic acids is 1. The topological polar surface area (TPSA) is 17.1 Å². The Morgan fingerprint density at radius 2 is 2.25 bits per heavy atom. The van der Waals surface area contributed by atoms with E-state index in [1.54, 1.807) is 0 Å². The molecule has 2 aliphatic rings. The molecule has 0 radical (unpaired) electrons. The summed E-state index contributed by atoms with van der Waals surface area (Å²) >= 11 is 0. The van der Waals surface area contributed by atoms with Gasteiger partial charge in [-0.05, 0) is 30.6 Å². The summed E-state index contributed by atoms with van der Waals surface area (Å²) in [5.41, 5.74) is 0. The second-order valence-electron chi connectivity index (χ2n) is 4.58. The Balaban J connectivity index is 2.17. The van der Waals surface area contributed by atoms with Crippen molar-refractivity contribution in [3.63, 3.8) is 0 Å². The van der Waals surface area contributed by atoms with Gasteiger partial charge in [0, 0.05) is 12.3 Å². The van der Waals surface area contributed by atoms with Crippen LogP contribution in [0.5, 0.6) is 0 Å². The van der Waals surface area contributed by atoms with Crippen molar-refractivity contribution in [1.82, 2.24) is 0 Å². The van der Waals surface area contributed by atoms with Gasteiger partial charge in [-0.15, -0.1) is 0 Å². The Morgan fingerprint density at radius 3 is 2.92 bits per heavy atom. The predicted molar refractivity (Wildman–Crippen MR) is 48.8 cm³/mol. The van der Waals surface area contributed by atoms with Crippen molar-refractivity contribution in [2.24, 2.45) is 23.7 Å². The first kappa shape index (κ1) is 8.28. The normalized spacial score (nSPS) is 46.7. The van der Waals surface area contributed by atoms with Crippen LogP contribution in [0.25, 0.3) is 0 Å². The summed E-state index contributed by atoms with van der Waals surface area (Å²) in [7, 11) is 0. The molecule has 4 atom stereocenters. The highest BCUT2D eigenvalue weighted by Gasteiger charge is 2.47. The van der Waals surface area contributed by atoms with E-state index in [4.69, 9.17) is 0 Å². The van der Waals surface area contributed by atoms with Crippen LogP contribution in [0.1, 0.15) is 39.5 Å². The quantitative estimate of drug-likeness (QED) is 0.585. The van der Waals surface area contributed by atoms with Gasteiger partial charge in [-0.25, -0.2) is 0 Å². The Kier molecular flexibility index (Phi) is 1.97. The Hall–Kier alpha value is -0.330. The van der Waals surface area contributed by atoms with Gasteiger partial charge in [0.2, 0.25) is 0 Å². The third-order valence-corrected chi connectivity index (χ3v) is 3.97. The highest BCUT2D eigenvalue weighted by molar-refractivity contribution is 5.84. The molecule has 2 rings (SSSR count). The maximum absolute atomic E-state index is 11.5. The monoisotopic (exact) mass is 166 g/mol. The molecular weight excluding hydrogens is 148 g/mol. The van der Waals surface area contributed by atoms with Gasteiger partial charge < -0.3 is 0 Å². The average molecular weight is 166 g/mol. The van der Waals surface area contributed by atoms with E-state index in [9.17, 15) is 4.79 Å². The minimum atomic E-state index is 0.454. The molecule has 1 nitrogen and oxygen atoms in total. The predicted octanol–water partition coefficient (Wildman–Crippen LogP) is 2.65. The van der Waals surface area contributed by atoms with Crippen molar-refractivity contribution in [3.05, 3.63) is 0 Å². The molecular formula is C11H18O. The van der Waals surface area contributed by atoms with Crippen LogP contribution in [0, 0.1) is 23.7 Å². The summed E-state index contributed by atoms with van der Waals surface area (Å²) < 4.78 is 0. The molecule has 2 aliphatic carbocycles. The van der Waals surface area contributed by atoms with Gasteiger partial charge in [0.05, 0.1) is 0 Å². The highest BCUT2D eigenvalue weighted by atomic mass is 16.1. The van der Waals surface area contributed by atoms with Crippen LogP contribution in [0.15, 0.2) is 0 Å². The molecule has 0 heterocycles. The molecule has 0 spiro atoms. The molecule has 1 heteroatoms. The number of Topliss-reactive ketones (excluding diaryl/α,β-unsaturated/α-hetero) is 1. The van der Waals surface area contributed by atoms with E-state index in [2.05, 4.69) is 13.8 Å². The molecule has 0 amide bonds. The largest absolute Gasteiger partial charge is 0.299 e. The van der Waals surface area contributed by atoms with Gasteiger partial charge in [-0.1, -0.05) is 20.3 Å². The van der Waals surface area contributed by atoms with Crippen LogP contribution in [0.2, 0.25) is 0 Å². The van der Waals surface area contributed by atoms with Crippen LogP contribution in [-0.2, 0) is 4.79 Å². The number of hydrogen-bond acceptors (Lipinski definition) is 1. The molecule has 0 aliphatic heterocycles. The second kappa shape index (κ2) is 2.86. The standard InChI is InChI=1S/C11H18O/c1-3-8-6-7(2)11-9(8)4-5-10(11)12/h7-9,11H,3-6H2,1-2H3. The van der Waals surface area contributed by atoms with Crippen LogP contribution < -0.4 is 0 Å². The van der Waals surface area contributed by atoms with E-state index in [-0.39, 0.29) is 0 Å². The Bertz CT molecular complexity index is 197. The third-order valence-electron chi connectivity index (χ3n) is 3.97. The van der Waals surface area contributed by atoms with Crippen molar-refractivity contribution < 1.29 is 4.79 Å². The first-order chi connectivity index (χ1) is 5.74. The van der Waals surface area contributed by atoms with Crippen LogP contribution in [0.4, 0.5) is 0 Å². The minimum Gasteiger partial charge on any atom is -0.299 e. The lowest BCUT2D eigenvalue weighted by Gasteiger charge is -2.14. The van der Waals surface area contributed by atoms with Gasteiger partial charge in [-0.3, -0.25) is 4.79 Å². The van der Waals surface area contributed by atoms with Crippen molar-refractivity contribution in [2.75, 3.05) is 0 Å². The molecule has 68 valence electrons. The first-order valence-corrected chi connectivity index (χ1v) is 5.26. The van der Waals surface area contributed by atoms with Crippen molar-refractivity contribution in [2.45, 2.75) is 39.5 Å². The molecule has 2 saturated carbocycles. The zero-order valence-electron chi connectivity index (χ0n) is 8.05. The summed E-state index contributed by atoms with van der Waals surface area (Å²) in [4.78, 5) is 11.5. The van der Waals surface area contributed by atoms with E-state index in [1.807, 2.05) is 0 Å². The molecule has 4 unspecified atom stereocenters. The second-order valence-corrected chi connectivity index (χ2v) is 4.58. The lowest BCUT2D eigenvalue weighted by Crippen LogP contribution is -2.15. The van der Waals surface area contributed by atoms with E-state index >= 15 is 0 Å². The molecule has 12 heavy (non-hydrogen) atoms. The van der Waals surface area contributed by atoms with Crippen LogP contribution in [-0.4, -0.2) is 5.78 Å². The van der Waals surface area contributed by atoms with E-state index in [0.717, 1.165) is 18.3 Å². The third kappa shape index (κ3) is 1.02. The summed E-state index contributed by atoms with van der Waals surface area (Å²) in [5.74, 6) is 3.31. The smallest absolute Gasteiger partial charge is 0.136 e. The summed E-state index contributed by atoms with van der Waals surface area (Å²) in [6.45, 7) is 4.53. The number of fused-ring (bicyclic) bond motifs is 1. The molecule has 0 aromatic carbocycles.